The Labute approximate surface area is 219 Å². The number of fused-ring (bicyclic) bond motifs is 2. The van der Waals surface area contributed by atoms with Gasteiger partial charge in [0, 0.05) is 36.4 Å². The maximum atomic E-state index is 13.7. The number of ether oxygens (including phenoxy) is 1. The summed E-state index contributed by atoms with van der Waals surface area (Å²) in [6.45, 7) is 1.95. The number of hydrogen-bond acceptors (Lipinski definition) is 5. The number of benzene rings is 2. The predicted octanol–water partition coefficient (Wildman–Crippen LogP) is 5.84. The summed E-state index contributed by atoms with van der Waals surface area (Å²) in [5.41, 5.74) is 5.26. The van der Waals surface area contributed by atoms with E-state index in [1.807, 2.05) is 31.2 Å². The number of allylic oxidation sites excluding steroid dienone is 1. The van der Waals surface area contributed by atoms with Crippen LogP contribution in [0.2, 0.25) is 0 Å². The van der Waals surface area contributed by atoms with E-state index >= 15 is 0 Å². The monoisotopic (exact) mass is 515 g/mol. The van der Waals surface area contributed by atoms with E-state index in [0.717, 1.165) is 46.8 Å². The summed E-state index contributed by atoms with van der Waals surface area (Å²) < 4.78 is 33.2. The number of halogens is 2. The second kappa shape index (κ2) is 10.3. The summed E-state index contributed by atoms with van der Waals surface area (Å²) in [7, 11) is 0. The molecular weight excluding hydrogens is 488 g/mol. The van der Waals surface area contributed by atoms with Crippen molar-refractivity contribution in [2.75, 3.05) is 13.2 Å². The number of aromatic nitrogens is 1. The minimum Gasteiger partial charge on any atom is -0.493 e. The largest absolute Gasteiger partial charge is 0.493 e. The predicted molar refractivity (Wildman–Crippen MR) is 140 cm³/mol. The van der Waals surface area contributed by atoms with E-state index in [9.17, 15) is 18.4 Å². The third-order valence-corrected chi connectivity index (χ3v) is 7.12. The number of nitrogens with zero attached hydrogens (tertiary/aromatic N) is 3. The van der Waals surface area contributed by atoms with Gasteiger partial charge in [-0.15, -0.1) is 0 Å². The van der Waals surface area contributed by atoms with Crippen LogP contribution < -0.4 is 4.74 Å². The van der Waals surface area contributed by atoms with Crippen molar-refractivity contribution >= 4 is 34.2 Å². The lowest BCUT2D eigenvalue weighted by atomic mass is 9.97. The van der Waals surface area contributed by atoms with E-state index in [2.05, 4.69) is 23.2 Å². The molecule has 194 valence electrons. The Kier molecular flexibility index (Phi) is 6.94. The van der Waals surface area contributed by atoms with Gasteiger partial charge in [0.05, 0.1) is 24.7 Å². The standard InChI is InChI=1S/C30H27F2N3O3/c1-19(22-6-5-21-3-2-12-38-28(21)15-22)13-20-4-7-26-25(14-20)24(10-11-34-26)27(36)8-9-29(37)35-18-30(31,32)16-23(35)17-33/h4-7,10-11,13-15,23H,2-3,8-9,12,16,18H2,1H3/b19-13+/t23-/m0/s1. The summed E-state index contributed by atoms with van der Waals surface area (Å²) in [5, 5.41) is 9.80. The number of aryl methyl sites for hydroxylation is 1. The number of nitriles is 1. The molecule has 6 nitrogen and oxygen atoms in total. The Bertz CT molecular complexity index is 1490. The molecule has 0 aliphatic carbocycles. The zero-order valence-corrected chi connectivity index (χ0v) is 21.0. The third-order valence-electron chi connectivity index (χ3n) is 7.12. The first-order valence-electron chi connectivity index (χ1n) is 12.7. The summed E-state index contributed by atoms with van der Waals surface area (Å²) in [5.74, 6) is -3.07. The summed E-state index contributed by atoms with van der Waals surface area (Å²) >= 11 is 0. The van der Waals surface area contributed by atoms with Gasteiger partial charge >= 0.3 is 0 Å². The van der Waals surface area contributed by atoms with E-state index in [-0.39, 0.29) is 18.6 Å². The van der Waals surface area contributed by atoms with Crippen LogP contribution in [0, 0.1) is 11.3 Å². The van der Waals surface area contributed by atoms with Gasteiger partial charge in [-0.2, -0.15) is 5.26 Å². The van der Waals surface area contributed by atoms with Crippen molar-refractivity contribution in [1.82, 2.24) is 9.88 Å². The SMILES string of the molecule is C/C(=C\c1ccc2nccc(C(=O)CCC(=O)N3CC(F)(F)C[C@H]3C#N)c2c1)c1ccc2c(c1)OCCC2. The molecule has 3 aromatic rings. The fourth-order valence-corrected chi connectivity index (χ4v) is 5.11. The molecule has 1 aromatic heterocycles. The fourth-order valence-electron chi connectivity index (χ4n) is 5.11. The minimum absolute atomic E-state index is 0.146. The van der Waals surface area contributed by atoms with Gasteiger partial charge in [-0.25, -0.2) is 8.78 Å². The molecule has 8 heteroatoms. The Balaban J connectivity index is 1.34. The third kappa shape index (κ3) is 5.28. The number of carbonyl (C=O) groups excluding carboxylic acids is 2. The number of pyridine rings is 1. The molecule has 2 aliphatic heterocycles. The van der Waals surface area contributed by atoms with Crippen molar-refractivity contribution in [3.63, 3.8) is 0 Å². The van der Waals surface area contributed by atoms with Crippen molar-refractivity contribution < 1.29 is 23.1 Å². The van der Waals surface area contributed by atoms with Crippen LogP contribution >= 0.6 is 0 Å². The molecule has 0 radical (unpaired) electrons. The molecule has 0 bridgehead atoms. The topological polar surface area (TPSA) is 83.3 Å². The maximum absolute atomic E-state index is 13.7. The molecule has 38 heavy (non-hydrogen) atoms. The molecule has 1 fully saturated rings. The van der Waals surface area contributed by atoms with Crippen molar-refractivity contribution in [2.45, 2.75) is 51.0 Å². The Morgan fingerprint density at radius 2 is 2.05 bits per heavy atom. The number of carbonyl (C=O) groups is 2. The Morgan fingerprint density at radius 1 is 1.21 bits per heavy atom. The number of likely N-dealkylation sites (tertiary alicyclic amines) is 1. The van der Waals surface area contributed by atoms with Gasteiger partial charge in [-0.3, -0.25) is 14.6 Å². The highest BCUT2D eigenvalue weighted by atomic mass is 19.3. The summed E-state index contributed by atoms with van der Waals surface area (Å²) in [6.07, 6.45) is 4.55. The van der Waals surface area contributed by atoms with E-state index in [1.54, 1.807) is 12.1 Å². The van der Waals surface area contributed by atoms with Crippen LogP contribution in [-0.2, 0) is 11.2 Å². The molecule has 3 heterocycles. The molecule has 2 aromatic carbocycles. The zero-order valence-electron chi connectivity index (χ0n) is 21.0. The van der Waals surface area contributed by atoms with Crippen LogP contribution in [0.4, 0.5) is 8.78 Å². The Morgan fingerprint density at radius 3 is 2.87 bits per heavy atom. The highest BCUT2D eigenvalue weighted by Crippen LogP contribution is 2.33. The molecule has 1 saturated heterocycles. The van der Waals surface area contributed by atoms with E-state index in [0.29, 0.717) is 16.5 Å². The van der Waals surface area contributed by atoms with Crippen molar-refractivity contribution in [2.24, 2.45) is 0 Å². The minimum atomic E-state index is -3.09. The number of rotatable bonds is 6. The average Bonchev–Trinajstić information content (AvgIpc) is 3.25. The molecule has 0 unspecified atom stereocenters. The number of hydrogen-bond donors (Lipinski definition) is 0. The first-order valence-corrected chi connectivity index (χ1v) is 12.7. The van der Waals surface area contributed by atoms with Crippen LogP contribution in [0.5, 0.6) is 5.75 Å². The smallest absolute Gasteiger partial charge is 0.268 e. The van der Waals surface area contributed by atoms with Crippen LogP contribution in [-0.4, -0.2) is 46.7 Å². The fraction of sp³-hybridized carbons (Fsp3) is 0.333. The second-order valence-electron chi connectivity index (χ2n) is 9.89. The van der Waals surface area contributed by atoms with Gasteiger partial charge in [0.2, 0.25) is 5.91 Å². The lowest BCUT2D eigenvalue weighted by molar-refractivity contribution is -0.132. The van der Waals surface area contributed by atoms with Crippen LogP contribution in [0.1, 0.15) is 59.7 Å². The molecule has 0 saturated carbocycles. The molecule has 1 atom stereocenters. The van der Waals surface area contributed by atoms with E-state index in [1.165, 1.54) is 11.8 Å². The number of amides is 1. The first kappa shape index (κ1) is 25.5. The van der Waals surface area contributed by atoms with Crippen LogP contribution in [0.3, 0.4) is 0 Å². The van der Waals surface area contributed by atoms with Gasteiger partial charge in [0.1, 0.15) is 11.8 Å². The highest BCUT2D eigenvalue weighted by molar-refractivity contribution is 6.08. The average molecular weight is 516 g/mol. The molecule has 1 amide bonds. The van der Waals surface area contributed by atoms with Gasteiger partial charge in [-0.1, -0.05) is 24.3 Å². The Hall–Kier alpha value is -4.12. The molecule has 5 rings (SSSR count). The quantitative estimate of drug-likeness (QED) is 0.304. The lowest BCUT2D eigenvalue weighted by Gasteiger charge is -2.18. The van der Waals surface area contributed by atoms with Crippen LogP contribution in [0.25, 0.3) is 22.6 Å². The van der Waals surface area contributed by atoms with Gasteiger partial charge < -0.3 is 9.64 Å². The van der Waals surface area contributed by atoms with Crippen molar-refractivity contribution in [3.05, 3.63) is 70.9 Å². The molecule has 0 spiro atoms. The van der Waals surface area contributed by atoms with Crippen LogP contribution in [0.15, 0.2) is 48.7 Å². The van der Waals surface area contributed by atoms with E-state index < -0.39 is 30.8 Å². The second-order valence-corrected chi connectivity index (χ2v) is 9.89. The zero-order chi connectivity index (χ0) is 26.9. The maximum Gasteiger partial charge on any atom is 0.268 e. The normalized spacial score (nSPS) is 18.5. The number of alkyl halides is 2. The van der Waals surface area contributed by atoms with Crippen molar-refractivity contribution in [1.29, 1.82) is 5.26 Å². The first-order chi connectivity index (χ1) is 18.2. The highest BCUT2D eigenvalue weighted by Gasteiger charge is 2.47. The number of ketones is 1. The van der Waals surface area contributed by atoms with Crippen molar-refractivity contribution in [3.8, 4) is 11.8 Å². The van der Waals surface area contributed by atoms with E-state index in [4.69, 9.17) is 10.00 Å². The summed E-state index contributed by atoms with van der Waals surface area (Å²) in [6, 6.07) is 14.1. The van der Waals surface area contributed by atoms with Gasteiger partial charge in [0.15, 0.2) is 5.78 Å². The van der Waals surface area contributed by atoms with Gasteiger partial charge in [-0.05, 0) is 66.3 Å². The molecular formula is C30H27F2N3O3. The lowest BCUT2D eigenvalue weighted by Crippen LogP contribution is -2.36. The molecule has 2 aliphatic rings. The van der Waals surface area contributed by atoms with Gasteiger partial charge in [0.25, 0.3) is 5.92 Å². The number of Topliss-reactive ketones (excluding diaryl/α,β-unsaturated/α-hetero) is 1. The summed E-state index contributed by atoms with van der Waals surface area (Å²) in [4.78, 5) is 30.9. The molecule has 0 N–H and O–H groups in total.